The maximum atomic E-state index is 11.1. The molecule has 3 nitrogen and oxygen atoms in total. The molecule has 1 fully saturated rings. The molecule has 0 saturated carbocycles. The van der Waals surface area contributed by atoms with E-state index in [0.717, 1.165) is 22.1 Å². The summed E-state index contributed by atoms with van der Waals surface area (Å²) in [7, 11) is 0. The third kappa shape index (κ3) is 2.30. The van der Waals surface area contributed by atoms with Crippen LogP contribution in [0.2, 0.25) is 5.02 Å². The van der Waals surface area contributed by atoms with Crippen molar-refractivity contribution in [3.05, 3.63) is 34.9 Å². The first-order valence-electron chi connectivity index (χ1n) is 4.89. The summed E-state index contributed by atoms with van der Waals surface area (Å²) in [5.41, 5.74) is 1.03. The van der Waals surface area contributed by atoms with Gasteiger partial charge in [0.2, 0.25) is 5.91 Å². The van der Waals surface area contributed by atoms with E-state index in [1.807, 2.05) is 24.3 Å². The number of hydrogen-bond acceptors (Lipinski definition) is 2. The molecule has 2 rings (SSSR count). The number of hydrogen-bond donors (Lipinski definition) is 1. The van der Waals surface area contributed by atoms with Gasteiger partial charge in [-0.25, -0.2) is 5.06 Å². The first-order chi connectivity index (χ1) is 7.16. The maximum Gasteiger partial charge on any atom is 0.246 e. The van der Waals surface area contributed by atoms with Gasteiger partial charge in [0.05, 0.1) is 6.54 Å². The van der Waals surface area contributed by atoms with Crippen molar-refractivity contribution in [2.75, 3.05) is 6.54 Å². The van der Waals surface area contributed by atoms with Gasteiger partial charge in [-0.3, -0.25) is 10.0 Å². The van der Waals surface area contributed by atoms with Gasteiger partial charge in [-0.1, -0.05) is 29.8 Å². The summed E-state index contributed by atoms with van der Waals surface area (Å²) < 4.78 is 0. The molecule has 1 amide bonds. The summed E-state index contributed by atoms with van der Waals surface area (Å²) in [4.78, 5) is 11.1. The molecular weight excluding hydrogens is 214 g/mol. The highest BCUT2D eigenvalue weighted by atomic mass is 35.5. The van der Waals surface area contributed by atoms with Crippen LogP contribution in [-0.4, -0.2) is 22.7 Å². The molecular formula is C11H12ClNO2. The maximum absolute atomic E-state index is 11.1. The topological polar surface area (TPSA) is 40.5 Å². The van der Waals surface area contributed by atoms with E-state index in [9.17, 15) is 4.79 Å². The van der Waals surface area contributed by atoms with Crippen molar-refractivity contribution < 1.29 is 10.0 Å². The molecule has 1 unspecified atom stereocenters. The lowest BCUT2D eigenvalue weighted by atomic mass is 9.99. The van der Waals surface area contributed by atoms with Gasteiger partial charge in [0.1, 0.15) is 0 Å². The first kappa shape index (κ1) is 10.5. The van der Waals surface area contributed by atoms with Crippen LogP contribution in [0, 0.1) is 5.92 Å². The SMILES string of the molecule is O=C1CC(Cc2ccccc2Cl)CN1O. The Bertz CT molecular complexity index is 381. The number of carbonyl (C=O) groups excluding carboxylic acids is 1. The number of benzene rings is 1. The van der Waals surface area contributed by atoms with Crippen LogP contribution in [0.25, 0.3) is 0 Å². The molecule has 1 aliphatic rings. The number of rotatable bonds is 2. The zero-order valence-electron chi connectivity index (χ0n) is 8.19. The summed E-state index contributed by atoms with van der Waals surface area (Å²) in [6.45, 7) is 0.407. The number of hydroxylamine groups is 2. The van der Waals surface area contributed by atoms with Gasteiger partial charge in [-0.15, -0.1) is 0 Å². The first-order valence-corrected chi connectivity index (χ1v) is 5.27. The van der Waals surface area contributed by atoms with Gasteiger partial charge in [0, 0.05) is 11.4 Å². The average molecular weight is 226 g/mol. The number of carbonyl (C=O) groups is 1. The highest BCUT2D eigenvalue weighted by Crippen LogP contribution is 2.24. The summed E-state index contributed by atoms with van der Waals surface area (Å²) in [5.74, 6) is -0.0329. The smallest absolute Gasteiger partial charge is 0.246 e. The van der Waals surface area contributed by atoms with Gasteiger partial charge in [0.25, 0.3) is 0 Å². The fourth-order valence-electron chi connectivity index (χ4n) is 1.87. The highest BCUT2D eigenvalue weighted by molar-refractivity contribution is 6.31. The lowest BCUT2D eigenvalue weighted by Crippen LogP contribution is -2.20. The van der Waals surface area contributed by atoms with E-state index in [0.29, 0.717) is 13.0 Å². The Hall–Kier alpha value is -1.06. The predicted molar refractivity (Wildman–Crippen MR) is 56.8 cm³/mol. The van der Waals surface area contributed by atoms with Gasteiger partial charge >= 0.3 is 0 Å². The molecule has 0 aromatic heterocycles. The Morgan fingerprint density at radius 2 is 2.20 bits per heavy atom. The van der Waals surface area contributed by atoms with Crippen molar-refractivity contribution in [1.82, 2.24) is 5.06 Å². The van der Waals surface area contributed by atoms with Crippen LogP contribution in [0.15, 0.2) is 24.3 Å². The Labute approximate surface area is 93.2 Å². The molecule has 80 valence electrons. The number of halogens is 1. The van der Waals surface area contributed by atoms with Crippen LogP contribution in [0.4, 0.5) is 0 Å². The van der Waals surface area contributed by atoms with Crippen molar-refractivity contribution >= 4 is 17.5 Å². The van der Waals surface area contributed by atoms with Crippen LogP contribution in [-0.2, 0) is 11.2 Å². The molecule has 1 aromatic carbocycles. The quantitative estimate of drug-likeness (QED) is 0.784. The van der Waals surface area contributed by atoms with Gasteiger partial charge < -0.3 is 0 Å². The largest absolute Gasteiger partial charge is 0.286 e. The fourth-order valence-corrected chi connectivity index (χ4v) is 2.09. The Morgan fingerprint density at radius 3 is 2.80 bits per heavy atom. The Morgan fingerprint density at radius 1 is 1.47 bits per heavy atom. The lowest BCUT2D eigenvalue weighted by Gasteiger charge is -2.09. The molecule has 1 heterocycles. The van der Waals surface area contributed by atoms with Crippen LogP contribution >= 0.6 is 11.6 Å². The van der Waals surface area contributed by atoms with Crippen molar-refractivity contribution in [3.8, 4) is 0 Å². The zero-order chi connectivity index (χ0) is 10.8. The molecule has 1 aliphatic heterocycles. The molecule has 4 heteroatoms. The second kappa shape index (κ2) is 4.21. The summed E-state index contributed by atoms with van der Waals surface area (Å²) in [6.07, 6.45) is 1.14. The van der Waals surface area contributed by atoms with Crippen molar-refractivity contribution in [1.29, 1.82) is 0 Å². The van der Waals surface area contributed by atoms with Gasteiger partial charge in [-0.2, -0.15) is 0 Å². The molecule has 0 radical (unpaired) electrons. The van der Waals surface area contributed by atoms with Crippen molar-refractivity contribution in [2.24, 2.45) is 5.92 Å². The average Bonchev–Trinajstić information content (AvgIpc) is 2.50. The molecule has 15 heavy (non-hydrogen) atoms. The monoisotopic (exact) mass is 225 g/mol. The van der Waals surface area contributed by atoms with Crippen molar-refractivity contribution in [2.45, 2.75) is 12.8 Å². The second-order valence-electron chi connectivity index (χ2n) is 3.84. The minimum Gasteiger partial charge on any atom is -0.286 e. The molecule has 1 atom stereocenters. The third-order valence-electron chi connectivity index (χ3n) is 2.65. The Kier molecular flexibility index (Phi) is 2.93. The van der Waals surface area contributed by atoms with Crippen LogP contribution in [0.1, 0.15) is 12.0 Å². The third-order valence-corrected chi connectivity index (χ3v) is 3.02. The van der Waals surface area contributed by atoms with Gasteiger partial charge in [0.15, 0.2) is 0 Å². The summed E-state index contributed by atoms with van der Waals surface area (Å²) in [6, 6.07) is 7.59. The van der Waals surface area contributed by atoms with Crippen molar-refractivity contribution in [3.63, 3.8) is 0 Å². The van der Waals surface area contributed by atoms with Crippen LogP contribution < -0.4 is 0 Å². The summed E-state index contributed by atoms with van der Waals surface area (Å²) in [5, 5.41) is 10.7. The predicted octanol–water partition coefficient (Wildman–Crippen LogP) is 2.12. The number of nitrogens with zero attached hydrogens (tertiary/aromatic N) is 1. The standard InChI is InChI=1S/C11H12ClNO2/c12-10-4-2-1-3-9(10)5-8-6-11(14)13(15)7-8/h1-4,8,15H,5-7H2. The minimum absolute atomic E-state index is 0.169. The van der Waals surface area contributed by atoms with E-state index in [1.54, 1.807) is 0 Å². The molecule has 0 bridgehead atoms. The molecule has 0 spiro atoms. The van der Waals surface area contributed by atoms with E-state index in [-0.39, 0.29) is 11.8 Å². The van der Waals surface area contributed by atoms with Crippen LogP contribution in [0.5, 0.6) is 0 Å². The van der Waals surface area contributed by atoms with Crippen LogP contribution in [0.3, 0.4) is 0 Å². The van der Waals surface area contributed by atoms with E-state index in [4.69, 9.17) is 16.8 Å². The fraction of sp³-hybridized carbons (Fsp3) is 0.364. The molecule has 0 aliphatic carbocycles. The van der Waals surface area contributed by atoms with E-state index >= 15 is 0 Å². The van der Waals surface area contributed by atoms with Gasteiger partial charge in [-0.05, 0) is 24.0 Å². The molecule has 1 aromatic rings. The summed E-state index contributed by atoms with van der Waals surface area (Å²) >= 11 is 6.01. The minimum atomic E-state index is -0.202. The Balaban J connectivity index is 2.05. The highest BCUT2D eigenvalue weighted by Gasteiger charge is 2.28. The van der Waals surface area contributed by atoms with E-state index in [2.05, 4.69) is 0 Å². The zero-order valence-corrected chi connectivity index (χ0v) is 8.94. The number of amides is 1. The lowest BCUT2D eigenvalue weighted by molar-refractivity contribution is -0.157. The second-order valence-corrected chi connectivity index (χ2v) is 4.25. The van der Waals surface area contributed by atoms with E-state index < -0.39 is 0 Å². The molecule has 1 saturated heterocycles. The van der Waals surface area contributed by atoms with E-state index in [1.165, 1.54) is 0 Å². The molecule has 1 N–H and O–H groups in total. The normalized spacial score (nSPS) is 21.1.